The van der Waals surface area contributed by atoms with Crippen LogP contribution in [0.4, 0.5) is 4.79 Å². The summed E-state index contributed by atoms with van der Waals surface area (Å²) < 4.78 is 0. The normalized spacial score (nSPS) is 18.7. The second-order valence-corrected chi connectivity index (χ2v) is 3.54. The Morgan fingerprint density at radius 3 is 2.57 bits per heavy atom. The van der Waals surface area contributed by atoms with E-state index in [1.165, 1.54) is 6.33 Å². The first-order valence-electron chi connectivity index (χ1n) is 3.75. The third kappa shape index (κ3) is 1.80. The van der Waals surface area contributed by atoms with Crippen LogP contribution in [0.2, 0.25) is 0 Å². The van der Waals surface area contributed by atoms with Gasteiger partial charge < -0.3 is 0 Å². The summed E-state index contributed by atoms with van der Waals surface area (Å²) >= 11 is 0.874. The largest absolute Gasteiger partial charge is 0.290 e. The molecule has 0 spiro atoms. The molecule has 1 saturated heterocycles. The number of imide groups is 1. The molecule has 1 aliphatic heterocycles. The number of aromatic nitrogens is 2. The van der Waals surface area contributed by atoms with Gasteiger partial charge in [0.2, 0.25) is 0 Å². The molecule has 1 aliphatic rings. The summed E-state index contributed by atoms with van der Waals surface area (Å²) in [5.74, 6) is -0.371. The van der Waals surface area contributed by atoms with Crippen LogP contribution >= 0.6 is 11.8 Å². The Morgan fingerprint density at radius 2 is 2.00 bits per heavy atom. The highest BCUT2D eigenvalue weighted by atomic mass is 32.2. The molecule has 70 valence electrons. The maximum atomic E-state index is 11.1. The number of carbonyl (C=O) groups is 2. The molecule has 1 fully saturated rings. The summed E-state index contributed by atoms with van der Waals surface area (Å²) in [6, 6.07) is 0. The van der Waals surface area contributed by atoms with Crippen LogP contribution in [0.1, 0.15) is 5.56 Å². The molecule has 1 N–H and O–H groups in total. The predicted octanol–water partition coefficient (Wildman–Crippen LogP) is 0.800. The molecular weight excluding hydrogens is 202 g/mol. The van der Waals surface area contributed by atoms with E-state index in [4.69, 9.17) is 0 Å². The number of rotatable bonds is 1. The summed E-state index contributed by atoms with van der Waals surface area (Å²) in [6.45, 7) is 0. The van der Waals surface area contributed by atoms with Gasteiger partial charge in [-0.2, -0.15) is 0 Å². The van der Waals surface area contributed by atoms with Gasteiger partial charge in [-0.05, 0) is 17.8 Å². The Kier molecular flexibility index (Phi) is 2.28. The Bertz CT molecular complexity index is 416. The van der Waals surface area contributed by atoms with E-state index in [0.717, 1.165) is 11.8 Å². The second kappa shape index (κ2) is 3.59. The summed E-state index contributed by atoms with van der Waals surface area (Å²) in [5.41, 5.74) is 0.694. The van der Waals surface area contributed by atoms with Gasteiger partial charge in [-0.25, -0.2) is 9.97 Å². The third-order valence-electron chi connectivity index (χ3n) is 1.52. The van der Waals surface area contributed by atoms with Gasteiger partial charge in [0.1, 0.15) is 6.33 Å². The summed E-state index contributed by atoms with van der Waals surface area (Å²) in [7, 11) is 0. The van der Waals surface area contributed by atoms with E-state index < -0.39 is 0 Å². The molecule has 0 atom stereocenters. The van der Waals surface area contributed by atoms with Crippen molar-refractivity contribution in [2.75, 3.05) is 0 Å². The van der Waals surface area contributed by atoms with Gasteiger partial charge in [0.05, 0.1) is 4.91 Å². The van der Waals surface area contributed by atoms with E-state index in [1.807, 2.05) is 0 Å². The molecule has 1 aromatic heterocycles. The average molecular weight is 207 g/mol. The number of carbonyl (C=O) groups excluding carboxylic acids is 2. The highest BCUT2D eigenvalue weighted by Gasteiger charge is 2.24. The SMILES string of the molecule is O=C1NC(=O)/C(=C/c2cncnc2)S1. The van der Waals surface area contributed by atoms with Crippen LogP contribution in [0.3, 0.4) is 0 Å². The summed E-state index contributed by atoms with van der Waals surface area (Å²) in [4.78, 5) is 29.9. The maximum Gasteiger partial charge on any atom is 0.290 e. The Labute approximate surface area is 83.6 Å². The fourth-order valence-electron chi connectivity index (χ4n) is 0.958. The van der Waals surface area contributed by atoms with Crippen LogP contribution < -0.4 is 5.32 Å². The molecule has 6 heteroatoms. The molecule has 1 aromatic rings. The fraction of sp³-hybridized carbons (Fsp3) is 0. The fourth-order valence-corrected chi connectivity index (χ4v) is 1.64. The zero-order chi connectivity index (χ0) is 9.97. The van der Waals surface area contributed by atoms with Crippen molar-refractivity contribution in [2.45, 2.75) is 0 Å². The highest BCUT2D eigenvalue weighted by molar-refractivity contribution is 8.18. The second-order valence-electron chi connectivity index (χ2n) is 2.52. The summed E-state index contributed by atoms with van der Waals surface area (Å²) in [6.07, 6.45) is 6.10. The lowest BCUT2D eigenvalue weighted by atomic mass is 10.3. The third-order valence-corrected chi connectivity index (χ3v) is 2.33. The molecule has 2 amide bonds. The molecule has 0 bridgehead atoms. The first-order valence-corrected chi connectivity index (χ1v) is 4.57. The monoisotopic (exact) mass is 207 g/mol. The van der Waals surface area contributed by atoms with Crippen molar-refractivity contribution in [1.82, 2.24) is 15.3 Å². The molecule has 2 rings (SSSR count). The number of hydrogen-bond donors (Lipinski definition) is 1. The minimum Gasteiger partial charge on any atom is -0.282 e. The molecule has 0 unspecified atom stereocenters. The van der Waals surface area contributed by atoms with E-state index in [1.54, 1.807) is 18.5 Å². The van der Waals surface area contributed by atoms with Gasteiger partial charge in [0, 0.05) is 18.0 Å². The number of nitrogens with one attached hydrogen (secondary N) is 1. The highest BCUT2D eigenvalue weighted by Crippen LogP contribution is 2.24. The minimum atomic E-state index is -0.371. The van der Waals surface area contributed by atoms with E-state index in [9.17, 15) is 9.59 Å². The van der Waals surface area contributed by atoms with Crippen LogP contribution in [0.25, 0.3) is 6.08 Å². The van der Waals surface area contributed by atoms with E-state index in [-0.39, 0.29) is 11.1 Å². The topological polar surface area (TPSA) is 72.0 Å². The molecule has 0 radical (unpaired) electrons. The van der Waals surface area contributed by atoms with Crippen LogP contribution in [0.15, 0.2) is 23.6 Å². The van der Waals surface area contributed by atoms with Crippen molar-refractivity contribution in [1.29, 1.82) is 0 Å². The molecule has 14 heavy (non-hydrogen) atoms. The van der Waals surface area contributed by atoms with E-state index in [2.05, 4.69) is 15.3 Å². The summed E-state index contributed by atoms with van der Waals surface area (Å²) in [5, 5.41) is 1.81. The van der Waals surface area contributed by atoms with Gasteiger partial charge >= 0.3 is 0 Å². The van der Waals surface area contributed by atoms with Gasteiger partial charge in [0.25, 0.3) is 11.1 Å². The van der Waals surface area contributed by atoms with Crippen LogP contribution in [0, 0.1) is 0 Å². The van der Waals surface area contributed by atoms with Crippen LogP contribution in [0.5, 0.6) is 0 Å². The van der Waals surface area contributed by atoms with E-state index >= 15 is 0 Å². The predicted molar refractivity (Wildman–Crippen MR) is 51.1 cm³/mol. The minimum absolute atomic E-state index is 0.349. The van der Waals surface area contributed by atoms with Gasteiger partial charge in [-0.1, -0.05) is 0 Å². The lowest BCUT2D eigenvalue weighted by Gasteiger charge is -1.91. The van der Waals surface area contributed by atoms with Crippen molar-refractivity contribution in [3.63, 3.8) is 0 Å². The number of nitrogens with zero attached hydrogens (tertiary/aromatic N) is 2. The van der Waals surface area contributed by atoms with Crippen molar-refractivity contribution < 1.29 is 9.59 Å². The van der Waals surface area contributed by atoms with Gasteiger partial charge in [-0.15, -0.1) is 0 Å². The molecule has 0 aliphatic carbocycles. The van der Waals surface area contributed by atoms with Gasteiger partial charge in [-0.3, -0.25) is 14.9 Å². The van der Waals surface area contributed by atoms with Crippen LogP contribution in [-0.4, -0.2) is 21.1 Å². The maximum absolute atomic E-state index is 11.1. The van der Waals surface area contributed by atoms with E-state index in [0.29, 0.717) is 10.5 Å². The average Bonchev–Trinajstić information content (AvgIpc) is 2.47. The standard InChI is InChI=1S/C8H5N3O2S/c12-7-6(14-8(13)11-7)1-5-2-9-4-10-3-5/h1-4H,(H,11,12,13)/b6-1-. The first-order chi connectivity index (χ1) is 6.75. The number of amides is 2. The molecular formula is C8H5N3O2S. The molecule has 0 aromatic carbocycles. The first kappa shape index (κ1) is 8.89. The van der Waals surface area contributed by atoms with Crippen molar-refractivity contribution in [3.05, 3.63) is 29.2 Å². The zero-order valence-electron chi connectivity index (χ0n) is 6.93. The lowest BCUT2D eigenvalue weighted by molar-refractivity contribution is -0.115. The van der Waals surface area contributed by atoms with Gasteiger partial charge in [0.15, 0.2) is 0 Å². The Hall–Kier alpha value is -1.69. The van der Waals surface area contributed by atoms with Crippen LogP contribution in [-0.2, 0) is 4.79 Å². The van der Waals surface area contributed by atoms with Crippen molar-refractivity contribution >= 4 is 29.0 Å². The number of thioether (sulfide) groups is 1. The molecule has 2 heterocycles. The molecule has 0 saturated carbocycles. The quantitative estimate of drug-likeness (QED) is 0.689. The zero-order valence-corrected chi connectivity index (χ0v) is 7.75. The molecule has 5 nitrogen and oxygen atoms in total. The lowest BCUT2D eigenvalue weighted by Crippen LogP contribution is -2.17. The van der Waals surface area contributed by atoms with Crippen molar-refractivity contribution in [3.8, 4) is 0 Å². The van der Waals surface area contributed by atoms with Crippen molar-refractivity contribution in [2.24, 2.45) is 0 Å². The Balaban J connectivity index is 2.28. The smallest absolute Gasteiger partial charge is 0.282 e. The number of hydrogen-bond acceptors (Lipinski definition) is 5. The Morgan fingerprint density at radius 1 is 1.29 bits per heavy atom.